The maximum absolute atomic E-state index is 6.50. The third-order valence-corrected chi connectivity index (χ3v) is 4.61. The van der Waals surface area contributed by atoms with Crippen LogP contribution in [0.1, 0.15) is 33.6 Å². The number of nitrogens with two attached hydrogens (primary N) is 2. The Kier molecular flexibility index (Phi) is 3.22. The third-order valence-electron chi connectivity index (χ3n) is 4.61. The van der Waals surface area contributed by atoms with Crippen LogP contribution < -0.4 is 16.8 Å². The summed E-state index contributed by atoms with van der Waals surface area (Å²) >= 11 is 0. The average molecular weight is 292 g/mol. The lowest BCUT2D eigenvalue weighted by molar-refractivity contribution is 0.173. The Morgan fingerprint density at radius 1 is 1.38 bits per heavy atom. The van der Waals surface area contributed by atoms with E-state index >= 15 is 0 Å². The Hall–Kier alpha value is -1.27. The van der Waals surface area contributed by atoms with E-state index in [0.717, 1.165) is 25.3 Å². The van der Waals surface area contributed by atoms with E-state index in [4.69, 9.17) is 11.5 Å². The Labute approximate surface area is 127 Å². The number of likely N-dealkylation sites (N-methyl/N-ethyl adjacent to an activating group) is 1. The second kappa shape index (κ2) is 4.61. The highest BCUT2D eigenvalue weighted by atomic mass is 15.4. The molecule has 3 aliphatic rings. The molecule has 3 heterocycles. The van der Waals surface area contributed by atoms with Crippen LogP contribution in [0.3, 0.4) is 0 Å². The van der Waals surface area contributed by atoms with Gasteiger partial charge in [-0.05, 0) is 31.4 Å². The summed E-state index contributed by atoms with van der Waals surface area (Å²) in [6.07, 6.45) is 4.06. The van der Waals surface area contributed by atoms with Crippen LogP contribution in [0.5, 0.6) is 0 Å². The third kappa shape index (κ3) is 2.87. The molecule has 3 aliphatic heterocycles. The van der Waals surface area contributed by atoms with Gasteiger partial charge in [0.2, 0.25) is 0 Å². The van der Waals surface area contributed by atoms with Crippen LogP contribution in [0.4, 0.5) is 0 Å². The molecule has 0 spiro atoms. The van der Waals surface area contributed by atoms with Crippen LogP contribution in [0.25, 0.3) is 0 Å². The van der Waals surface area contributed by atoms with Crippen LogP contribution in [-0.4, -0.2) is 53.6 Å². The Morgan fingerprint density at radius 2 is 2.10 bits per heavy atom. The monoisotopic (exact) mass is 292 g/mol. The molecule has 3 rings (SSSR count). The van der Waals surface area contributed by atoms with Crippen molar-refractivity contribution in [2.75, 3.05) is 20.1 Å². The minimum absolute atomic E-state index is 0.0989. The van der Waals surface area contributed by atoms with E-state index in [0.29, 0.717) is 18.0 Å². The number of likely N-dealkylation sites (tertiary alicyclic amines) is 2. The molecule has 0 radical (unpaired) electrons. The molecule has 2 saturated heterocycles. The lowest BCUT2D eigenvalue weighted by atomic mass is 9.84. The number of fused-ring (bicyclic) bond motifs is 2. The van der Waals surface area contributed by atoms with Crippen LogP contribution >= 0.6 is 0 Å². The molecular formula is C15H28N6. The molecule has 21 heavy (non-hydrogen) atoms. The highest BCUT2D eigenvalue weighted by Crippen LogP contribution is 2.34. The lowest BCUT2D eigenvalue weighted by Crippen LogP contribution is -2.54. The molecule has 6 heteroatoms. The smallest absolute Gasteiger partial charge is 0.196 e. The van der Waals surface area contributed by atoms with Gasteiger partial charge in [0.1, 0.15) is 11.5 Å². The van der Waals surface area contributed by atoms with Crippen LogP contribution in [0.2, 0.25) is 0 Å². The fourth-order valence-corrected chi connectivity index (χ4v) is 3.94. The molecule has 3 atom stereocenters. The molecule has 5 N–H and O–H groups in total. The number of hydrogen-bond donors (Lipinski definition) is 3. The summed E-state index contributed by atoms with van der Waals surface area (Å²) in [4.78, 5) is 9.30. The maximum Gasteiger partial charge on any atom is 0.196 e. The molecule has 2 bridgehead atoms. The summed E-state index contributed by atoms with van der Waals surface area (Å²) in [6.45, 7) is 8.68. The Bertz CT molecular complexity index is 489. The van der Waals surface area contributed by atoms with Crippen molar-refractivity contribution in [2.24, 2.45) is 21.9 Å². The highest BCUT2D eigenvalue weighted by Gasteiger charge is 2.44. The second-order valence-corrected chi connectivity index (χ2v) is 8.02. The topological polar surface area (TPSA) is 82.9 Å². The number of nitrogens with one attached hydrogen (secondary N) is 1. The summed E-state index contributed by atoms with van der Waals surface area (Å²) in [7, 11) is 2.20. The predicted octanol–water partition coefficient (Wildman–Crippen LogP) is 0.225. The first-order valence-corrected chi connectivity index (χ1v) is 7.76. The van der Waals surface area contributed by atoms with Crippen molar-refractivity contribution in [3.05, 3.63) is 11.9 Å². The van der Waals surface area contributed by atoms with Crippen LogP contribution in [0, 0.1) is 5.41 Å². The largest absolute Gasteiger partial charge is 0.370 e. The standard InChI is InChI=1S/C15H28N6/c1-14(2,3)9-15(17)6-12(18-13(16)19-15)21-8-10-5-11(21)7-20(10)4/h6,10-11H,5,7-9,17H2,1-4H3,(H3,16,18,19)/t10-,11-,15?/m0/s1. The molecule has 0 saturated carbocycles. The van der Waals surface area contributed by atoms with Gasteiger partial charge in [0.25, 0.3) is 0 Å². The minimum Gasteiger partial charge on any atom is -0.370 e. The zero-order chi connectivity index (χ0) is 15.4. The van der Waals surface area contributed by atoms with Crippen LogP contribution in [-0.2, 0) is 0 Å². The Balaban J connectivity index is 1.82. The fraction of sp³-hybridized carbons (Fsp3) is 0.800. The number of rotatable bonds is 2. The SMILES string of the molecule is CN1C[C@@H]2C[C@H]1CN2C1=CC(N)(CC(C)(C)C)N=C(N)N1. The molecule has 2 fully saturated rings. The molecule has 0 aromatic carbocycles. The van der Waals surface area contributed by atoms with Gasteiger partial charge in [-0.15, -0.1) is 0 Å². The van der Waals surface area contributed by atoms with E-state index < -0.39 is 5.66 Å². The van der Waals surface area contributed by atoms with Gasteiger partial charge in [-0.2, -0.15) is 0 Å². The fourth-order valence-electron chi connectivity index (χ4n) is 3.94. The van der Waals surface area contributed by atoms with Gasteiger partial charge in [-0.25, -0.2) is 4.99 Å². The van der Waals surface area contributed by atoms with E-state index in [1.807, 2.05) is 0 Å². The Morgan fingerprint density at radius 3 is 2.62 bits per heavy atom. The van der Waals surface area contributed by atoms with Gasteiger partial charge < -0.3 is 21.7 Å². The molecule has 118 valence electrons. The van der Waals surface area contributed by atoms with Crippen molar-refractivity contribution in [2.45, 2.75) is 51.4 Å². The lowest BCUT2D eigenvalue weighted by Gasteiger charge is -2.39. The van der Waals surface area contributed by atoms with Gasteiger partial charge in [-0.1, -0.05) is 20.8 Å². The summed E-state index contributed by atoms with van der Waals surface area (Å²) in [6, 6.07) is 1.20. The molecule has 0 aromatic heterocycles. The predicted molar refractivity (Wildman–Crippen MR) is 85.4 cm³/mol. The zero-order valence-corrected chi connectivity index (χ0v) is 13.6. The number of guanidine groups is 1. The number of nitrogens with zero attached hydrogens (tertiary/aromatic N) is 3. The number of aliphatic imine (C=N–C) groups is 1. The maximum atomic E-state index is 6.50. The van der Waals surface area contributed by atoms with Crippen molar-refractivity contribution in [1.82, 2.24) is 15.1 Å². The second-order valence-electron chi connectivity index (χ2n) is 8.02. The van der Waals surface area contributed by atoms with E-state index in [1.54, 1.807) is 0 Å². The molecule has 6 nitrogen and oxygen atoms in total. The molecule has 0 amide bonds. The van der Waals surface area contributed by atoms with E-state index in [1.165, 1.54) is 6.42 Å². The minimum atomic E-state index is -0.712. The first kappa shape index (κ1) is 14.7. The van der Waals surface area contributed by atoms with Crippen LogP contribution in [0.15, 0.2) is 16.9 Å². The van der Waals surface area contributed by atoms with Gasteiger partial charge in [0.05, 0.1) is 0 Å². The van der Waals surface area contributed by atoms with Gasteiger partial charge in [0, 0.05) is 25.2 Å². The average Bonchev–Trinajstić information content (AvgIpc) is 2.82. The number of hydrogen-bond acceptors (Lipinski definition) is 6. The van der Waals surface area contributed by atoms with Crippen molar-refractivity contribution in [3.63, 3.8) is 0 Å². The zero-order valence-electron chi connectivity index (χ0n) is 13.6. The normalized spacial score (nSPS) is 36.5. The van der Waals surface area contributed by atoms with Gasteiger partial charge in [-0.3, -0.25) is 4.90 Å². The van der Waals surface area contributed by atoms with E-state index in [9.17, 15) is 0 Å². The first-order chi connectivity index (χ1) is 9.65. The van der Waals surface area contributed by atoms with Crippen molar-refractivity contribution in [1.29, 1.82) is 0 Å². The summed E-state index contributed by atoms with van der Waals surface area (Å²) < 4.78 is 0. The molecular weight excluding hydrogens is 264 g/mol. The summed E-state index contributed by atoms with van der Waals surface area (Å²) in [5.74, 6) is 1.46. The quantitative estimate of drug-likeness (QED) is 0.678. The van der Waals surface area contributed by atoms with Crippen molar-refractivity contribution >= 4 is 5.96 Å². The molecule has 0 aromatic rings. The molecule has 1 unspecified atom stereocenters. The van der Waals surface area contributed by atoms with Crippen molar-refractivity contribution < 1.29 is 0 Å². The highest BCUT2D eigenvalue weighted by molar-refractivity contribution is 5.81. The van der Waals surface area contributed by atoms with E-state index in [-0.39, 0.29) is 5.41 Å². The van der Waals surface area contributed by atoms with E-state index in [2.05, 4.69) is 54.0 Å². The summed E-state index contributed by atoms with van der Waals surface area (Å²) in [5, 5.41) is 3.22. The summed E-state index contributed by atoms with van der Waals surface area (Å²) in [5.41, 5.74) is 11.9. The van der Waals surface area contributed by atoms with Crippen molar-refractivity contribution in [3.8, 4) is 0 Å². The van der Waals surface area contributed by atoms with Gasteiger partial charge >= 0.3 is 0 Å². The first-order valence-electron chi connectivity index (χ1n) is 7.76. The van der Waals surface area contributed by atoms with Gasteiger partial charge in [0.15, 0.2) is 5.96 Å². The number of piperazine rings is 1. The molecule has 0 aliphatic carbocycles.